The van der Waals surface area contributed by atoms with Crippen molar-refractivity contribution < 1.29 is 13.0 Å². The van der Waals surface area contributed by atoms with Crippen molar-refractivity contribution in [2.24, 2.45) is 4.40 Å². The summed E-state index contributed by atoms with van der Waals surface area (Å²) in [6.45, 7) is 8.20. The zero-order chi connectivity index (χ0) is 15.9. The van der Waals surface area contributed by atoms with E-state index in [4.69, 9.17) is 0 Å². The van der Waals surface area contributed by atoms with Crippen LogP contribution in [-0.2, 0) is 11.0 Å². The van der Waals surface area contributed by atoms with Crippen LogP contribution in [0.25, 0.3) is 0 Å². The molecule has 0 bridgehead atoms. The molecule has 0 spiro atoms. The first-order valence-electron chi connectivity index (χ1n) is 6.26. The molecule has 0 aromatic heterocycles. The quantitative estimate of drug-likeness (QED) is 0.703. The first kappa shape index (κ1) is 19.4. The van der Waals surface area contributed by atoms with Gasteiger partial charge in [-0.1, -0.05) is 29.8 Å². The van der Waals surface area contributed by atoms with Crippen LogP contribution in [0.1, 0.15) is 40.2 Å². The first-order chi connectivity index (χ1) is 9.25. The topological polar surface area (TPSA) is 29.4 Å². The lowest BCUT2D eigenvalue weighted by molar-refractivity contribution is 0.576. The van der Waals surface area contributed by atoms with Crippen LogP contribution in [-0.4, -0.2) is 21.3 Å². The van der Waals surface area contributed by atoms with E-state index in [1.54, 1.807) is 20.8 Å². The van der Waals surface area contributed by atoms with Crippen molar-refractivity contribution in [1.29, 1.82) is 0 Å². The number of alkyl halides is 1. The normalized spacial score (nSPS) is 13.5. The van der Waals surface area contributed by atoms with Crippen molar-refractivity contribution in [3.05, 3.63) is 34.1 Å². The third-order valence-corrected chi connectivity index (χ3v) is 4.01. The summed E-state index contributed by atoms with van der Waals surface area (Å²) < 4.78 is 42.2. The minimum Gasteiger partial charge on any atom is -0.244 e. The summed E-state index contributed by atoms with van der Waals surface area (Å²) in [5.74, 6) is -0.583. The molecule has 0 aliphatic heterocycles. The average molecular weight is 368 g/mol. The van der Waals surface area contributed by atoms with Crippen LogP contribution in [0.3, 0.4) is 0 Å². The van der Waals surface area contributed by atoms with Gasteiger partial charge < -0.3 is 0 Å². The van der Waals surface area contributed by atoms with Crippen molar-refractivity contribution in [2.45, 2.75) is 39.4 Å². The molecular formula is C14H20BrF2NOS. The third kappa shape index (κ3) is 5.79. The van der Waals surface area contributed by atoms with Crippen LogP contribution in [0.15, 0.2) is 27.1 Å². The Kier molecular flexibility index (Phi) is 8.35. The molecule has 6 heteroatoms. The Morgan fingerprint density at radius 2 is 1.90 bits per heavy atom. The van der Waals surface area contributed by atoms with Gasteiger partial charge in [-0.3, -0.25) is 0 Å². The smallest absolute Gasteiger partial charge is 0.145 e. The van der Waals surface area contributed by atoms with Gasteiger partial charge >= 0.3 is 0 Å². The molecule has 20 heavy (non-hydrogen) atoms. The highest BCUT2D eigenvalue weighted by Crippen LogP contribution is 2.19. The highest BCUT2D eigenvalue weighted by molar-refractivity contribution is 9.10. The molecule has 0 saturated carbocycles. The van der Waals surface area contributed by atoms with Gasteiger partial charge in [-0.25, -0.2) is 13.0 Å². The van der Waals surface area contributed by atoms with E-state index in [-0.39, 0.29) is 11.3 Å². The molecule has 0 aliphatic rings. The molecule has 0 saturated heterocycles. The molecule has 0 N–H and O–H groups in total. The Balaban J connectivity index is 0.00000172. The molecule has 0 heterocycles. The highest BCUT2D eigenvalue weighted by Gasteiger charge is 2.21. The number of halogens is 3. The lowest BCUT2D eigenvalue weighted by atomic mass is 10.1. The molecule has 1 aromatic carbocycles. The van der Waals surface area contributed by atoms with E-state index in [1.807, 2.05) is 13.8 Å². The minimum atomic E-state index is -1.62. The lowest BCUT2D eigenvalue weighted by Crippen LogP contribution is -2.22. The molecule has 1 rings (SSSR count). The zero-order valence-electron chi connectivity index (χ0n) is 12.3. The third-order valence-electron chi connectivity index (χ3n) is 2.08. The van der Waals surface area contributed by atoms with Crippen LogP contribution in [0.2, 0.25) is 0 Å². The van der Waals surface area contributed by atoms with Crippen molar-refractivity contribution in [3.8, 4) is 0 Å². The van der Waals surface area contributed by atoms with E-state index >= 15 is 0 Å². The number of hydrogen-bond donors (Lipinski definition) is 0. The van der Waals surface area contributed by atoms with E-state index in [2.05, 4.69) is 20.3 Å². The summed E-state index contributed by atoms with van der Waals surface area (Å²) >= 11 is 3.18. The van der Waals surface area contributed by atoms with Crippen molar-refractivity contribution in [3.63, 3.8) is 0 Å². The fourth-order valence-electron chi connectivity index (χ4n) is 1.10. The van der Waals surface area contributed by atoms with Crippen molar-refractivity contribution >= 4 is 32.6 Å². The van der Waals surface area contributed by atoms with Crippen LogP contribution in [0.4, 0.5) is 8.78 Å². The molecule has 1 unspecified atom stereocenters. The number of benzene rings is 1. The summed E-state index contributed by atoms with van der Waals surface area (Å²) in [4.78, 5) is 0. The highest BCUT2D eigenvalue weighted by atomic mass is 79.9. The van der Waals surface area contributed by atoms with Gasteiger partial charge in [0.25, 0.3) is 0 Å². The molecule has 1 atom stereocenters. The summed E-state index contributed by atoms with van der Waals surface area (Å²) in [7, 11) is -1.62. The standard InChI is InChI=1S/C12H14BrF2NOS.C2H6/c1-12(2,3)18(17)16-11(7-14)9-6-8(13)4-5-10(9)15;1-2/h4-6H,7H2,1-3H3;1-2H3/b16-11-;. The van der Waals surface area contributed by atoms with Crippen LogP contribution < -0.4 is 0 Å². The molecular weight excluding hydrogens is 348 g/mol. The van der Waals surface area contributed by atoms with Crippen LogP contribution in [0, 0.1) is 5.82 Å². The summed E-state index contributed by atoms with van der Waals surface area (Å²) in [5.41, 5.74) is -0.105. The Morgan fingerprint density at radius 1 is 1.35 bits per heavy atom. The van der Waals surface area contributed by atoms with E-state index in [0.29, 0.717) is 4.47 Å². The molecule has 0 fully saturated rings. The second kappa shape index (κ2) is 8.62. The maximum atomic E-state index is 13.6. The minimum absolute atomic E-state index is 0.0319. The predicted molar refractivity (Wildman–Crippen MR) is 85.9 cm³/mol. The first-order valence-corrected chi connectivity index (χ1v) is 8.16. The van der Waals surface area contributed by atoms with E-state index in [0.717, 1.165) is 0 Å². The van der Waals surface area contributed by atoms with Crippen molar-refractivity contribution in [1.82, 2.24) is 0 Å². The van der Waals surface area contributed by atoms with Gasteiger partial charge in [-0.2, -0.15) is 4.40 Å². The van der Waals surface area contributed by atoms with Gasteiger partial charge in [0.1, 0.15) is 23.5 Å². The van der Waals surface area contributed by atoms with Crippen molar-refractivity contribution in [2.75, 3.05) is 6.67 Å². The van der Waals surface area contributed by atoms with E-state index in [1.165, 1.54) is 18.2 Å². The largest absolute Gasteiger partial charge is 0.244 e. The molecule has 0 radical (unpaired) electrons. The Morgan fingerprint density at radius 3 is 2.35 bits per heavy atom. The second-order valence-corrected chi connectivity index (χ2v) is 7.48. The van der Waals surface area contributed by atoms with Gasteiger partial charge in [0.15, 0.2) is 0 Å². The number of nitrogens with zero attached hydrogens (tertiary/aromatic N) is 1. The monoisotopic (exact) mass is 367 g/mol. The zero-order valence-corrected chi connectivity index (χ0v) is 14.7. The van der Waals surface area contributed by atoms with Gasteiger partial charge in [0, 0.05) is 10.0 Å². The average Bonchev–Trinajstić information content (AvgIpc) is 2.40. The Bertz CT molecular complexity index is 498. The summed E-state index contributed by atoms with van der Waals surface area (Å²) in [6.07, 6.45) is 0. The Hall–Kier alpha value is -0.620. The fourth-order valence-corrected chi connectivity index (χ4v) is 2.08. The number of rotatable bonds is 3. The van der Waals surface area contributed by atoms with Gasteiger partial charge in [0.2, 0.25) is 0 Å². The van der Waals surface area contributed by atoms with Gasteiger partial charge in [-0.05, 0) is 39.0 Å². The molecule has 0 aliphatic carbocycles. The Labute approximate surface area is 130 Å². The van der Waals surface area contributed by atoms with Crippen LogP contribution in [0.5, 0.6) is 0 Å². The maximum absolute atomic E-state index is 13.6. The SMILES string of the molecule is CC.CC(C)(C)S(=O)/N=C(/CF)c1cc(Br)ccc1F. The summed E-state index contributed by atoms with van der Waals surface area (Å²) in [5, 5.41) is 0. The summed E-state index contributed by atoms with van der Waals surface area (Å²) in [6, 6.07) is 4.15. The van der Waals surface area contributed by atoms with Gasteiger partial charge in [0.05, 0.1) is 10.5 Å². The van der Waals surface area contributed by atoms with Crippen LogP contribution >= 0.6 is 15.9 Å². The van der Waals surface area contributed by atoms with Gasteiger partial charge in [-0.15, -0.1) is 0 Å². The molecule has 0 amide bonds. The molecule has 114 valence electrons. The second-order valence-electron chi connectivity index (χ2n) is 4.66. The molecule has 1 aromatic rings. The molecule has 2 nitrogen and oxygen atoms in total. The number of hydrogen-bond acceptors (Lipinski definition) is 1. The lowest BCUT2D eigenvalue weighted by Gasteiger charge is -2.14. The predicted octanol–water partition coefficient (Wildman–Crippen LogP) is 4.84. The maximum Gasteiger partial charge on any atom is 0.145 e. The van der Waals surface area contributed by atoms with E-state index < -0.39 is 28.2 Å². The fraction of sp³-hybridized carbons (Fsp3) is 0.500. The van der Waals surface area contributed by atoms with E-state index in [9.17, 15) is 13.0 Å².